The van der Waals surface area contributed by atoms with Crippen LogP contribution in [0.25, 0.3) is 0 Å². The van der Waals surface area contributed by atoms with E-state index in [-0.39, 0.29) is 11.6 Å². The van der Waals surface area contributed by atoms with Crippen LogP contribution < -0.4 is 5.32 Å². The van der Waals surface area contributed by atoms with Crippen LogP contribution in [0.1, 0.15) is 27.2 Å². The van der Waals surface area contributed by atoms with Crippen LogP contribution >= 0.6 is 0 Å². The first-order chi connectivity index (χ1) is 5.99. The minimum absolute atomic E-state index is 0.0388. The fourth-order valence-electron chi connectivity index (χ4n) is 1.23. The van der Waals surface area contributed by atoms with Gasteiger partial charge < -0.3 is 10.2 Å². The Hall–Kier alpha value is -0.990. The smallest absolute Gasteiger partial charge is 0.318 e. The third-order valence-electron chi connectivity index (χ3n) is 1.83. The van der Waals surface area contributed by atoms with Crippen LogP contribution in [-0.2, 0) is 0 Å². The number of hydrogen-bond donors (Lipinski definition) is 1. The van der Waals surface area contributed by atoms with Gasteiger partial charge in [0.25, 0.3) is 0 Å². The number of carbonyl (C=O) groups is 1. The molecule has 0 spiro atoms. The van der Waals surface area contributed by atoms with E-state index in [2.05, 4.69) is 11.4 Å². The zero-order chi connectivity index (χ0) is 9.90. The highest BCUT2D eigenvalue weighted by Crippen LogP contribution is 2.05. The van der Waals surface area contributed by atoms with Gasteiger partial charge in [0.15, 0.2) is 0 Å². The summed E-state index contributed by atoms with van der Waals surface area (Å²) in [6.07, 6.45) is 5.12. The first kappa shape index (κ1) is 10.1. The lowest BCUT2D eigenvalue weighted by atomic mass is 10.1. The number of carbonyl (C=O) groups excluding carboxylic acids is 1. The molecule has 0 aromatic carbocycles. The van der Waals surface area contributed by atoms with Gasteiger partial charge in [-0.3, -0.25) is 0 Å². The summed E-state index contributed by atoms with van der Waals surface area (Å²) < 4.78 is 0. The van der Waals surface area contributed by atoms with Gasteiger partial charge in [-0.25, -0.2) is 4.79 Å². The quantitative estimate of drug-likeness (QED) is 0.569. The lowest BCUT2D eigenvalue weighted by Crippen LogP contribution is -2.49. The first-order valence-electron chi connectivity index (χ1n) is 4.71. The number of urea groups is 1. The molecule has 3 heteroatoms. The number of hydrogen-bond acceptors (Lipinski definition) is 1. The van der Waals surface area contributed by atoms with E-state index in [1.165, 1.54) is 0 Å². The molecule has 1 heterocycles. The van der Waals surface area contributed by atoms with Gasteiger partial charge in [0.05, 0.1) is 0 Å². The molecule has 0 fully saturated rings. The maximum absolute atomic E-state index is 11.6. The highest BCUT2D eigenvalue weighted by atomic mass is 16.2. The topological polar surface area (TPSA) is 32.3 Å². The Kier molecular flexibility index (Phi) is 2.96. The Labute approximate surface area is 79.8 Å². The minimum Gasteiger partial charge on any atom is -0.333 e. The molecule has 0 aliphatic carbocycles. The van der Waals surface area contributed by atoms with Crippen molar-refractivity contribution in [1.82, 2.24) is 10.2 Å². The highest BCUT2D eigenvalue weighted by molar-refractivity contribution is 5.75. The molecule has 0 bridgehead atoms. The molecular weight excluding hydrogens is 164 g/mol. The predicted octanol–water partition coefficient (Wildman–Crippen LogP) is 1.76. The monoisotopic (exact) mass is 182 g/mol. The Morgan fingerprint density at radius 3 is 2.54 bits per heavy atom. The van der Waals surface area contributed by atoms with Gasteiger partial charge in [0.1, 0.15) is 0 Å². The lowest BCUT2D eigenvalue weighted by molar-refractivity contribution is 0.193. The van der Waals surface area contributed by atoms with Gasteiger partial charge >= 0.3 is 6.03 Å². The van der Waals surface area contributed by atoms with Crippen molar-refractivity contribution in [2.75, 3.05) is 13.1 Å². The molecule has 0 atom stereocenters. The lowest BCUT2D eigenvalue weighted by Gasteiger charge is -2.28. The van der Waals surface area contributed by atoms with E-state index in [9.17, 15) is 4.79 Å². The van der Waals surface area contributed by atoms with E-state index in [0.717, 1.165) is 19.5 Å². The van der Waals surface area contributed by atoms with E-state index in [1.54, 1.807) is 0 Å². The average Bonchev–Trinajstić information content (AvgIpc) is 2.03. The van der Waals surface area contributed by atoms with E-state index in [1.807, 2.05) is 31.7 Å². The molecular formula is C10H18N2O. The van der Waals surface area contributed by atoms with Crippen molar-refractivity contribution in [1.29, 1.82) is 0 Å². The third kappa shape index (κ3) is 3.49. The SMILES string of the molecule is CC(C)(C)NC(=O)N1CC=CCC1. The molecule has 1 aliphatic rings. The van der Waals surface area contributed by atoms with Gasteiger partial charge in [-0.2, -0.15) is 0 Å². The molecule has 1 rings (SSSR count). The number of amides is 2. The highest BCUT2D eigenvalue weighted by Gasteiger charge is 2.19. The summed E-state index contributed by atoms with van der Waals surface area (Å²) in [7, 11) is 0. The number of nitrogens with one attached hydrogen (secondary N) is 1. The van der Waals surface area contributed by atoms with E-state index >= 15 is 0 Å². The van der Waals surface area contributed by atoms with Gasteiger partial charge in [0.2, 0.25) is 0 Å². The first-order valence-corrected chi connectivity index (χ1v) is 4.71. The van der Waals surface area contributed by atoms with Crippen LogP contribution in [0.2, 0.25) is 0 Å². The molecule has 0 unspecified atom stereocenters. The van der Waals surface area contributed by atoms with Crippen LogP contribution in [0.15, 0.2) is 12.2 Å². The minimum atomic E-state index is -0.141. The summed E-state index contributed by atoms with van der Waals surface area (Å²) >= 11 is 0. The Balaban J connectivity index is 2.43. The molecule has 13 heavy (non-hydrogen) atoms. The second kappa shape index (κ2) is 3.81. The molecule has 1 aliphatic heterocycles. The molecule has 3 nitrogen and oxygen atoms in total. The van der Waals surface area contributed by atoms with E-state index in [4.69, 9.17) is 0 Å². The molecule has 1 N–H and O–H groups in total. The van der Waals surface area contributed by atoms with Gasteiger partial charge in [-0.05, 0) is 27.2 Å². The molecule has 0 aromatic heterocycles. The third-order valence-corrected chi connectivity index (χ3v) is 1.83. The van der Waals surface area contributed by atoms with Crippen molar-refractivity contribution >= 4 is 6.03 Å². The fourth-order valence-corrected chi connectivity index (χ4v) is 1.23. The predicted molar refractivity (Wildman–Crippen MR) is 53.6 cm³/mol. The van der Waals surface area contributed by atoms with Crippen LogP contribution in [0.3, 0.4) is 0 Å². The zero-order valence-corrected chi connectivity index (χ0v) is 8.63. The normalized spacial score (nSPS) is 17.3. The standard InChI is InChI=1S/C10H18N2O/c1-10(2,3)11-9(13)12-7-5-4-6-8-12/h4-5H,6-8H2,1-3H3,(H,11,13). The summed E-state index contributed by atoms with van der Waals surface area (Å²) in [5, 5.41) is 2.94. The summed E-state index contributed by atoms with van der Waals surface area (Å²) in [4.78, 5) is 13.4. The Morgan fingerprint density at radius 2 is 2.08 bits per heavy atom. The summed E-state index contributed by atoms with van der Waals surface area (Å²) in [5.74, 6) is 0. The molecule has 2 amide bonds. The molecule has 0 radical (unpaired) electrons. The zero-order valence-electron chi connectivity index (χ0n) is 8.63. The van der Waals surface area contributed by atoms with E-state index in [0.29, 0.717) is 0 Å². The second-order valence-electron chi connectivity index (χ2n) is 4.39. The van der Waals surface area contributed by atoms with Crippen LogP contribution in [-0.4, -0.2) is 29.6 Å². The largest absolute Gasteiger partial charge is 0.333 e. The van der Waals surface area contributed by atoms with Crippen molar-refractivity contribution in [2.24, 2.45) is 0 Å². The van der Waals surface area contributed by atoms with Gasteiger partial charge in [-0.1, -0.05) is 12.2 Å². The van der Waals surface area contributed by atoms with Crippen LogP contribution in [0.4, 0.5) is 4.79 Å². The number of nitrogens with zero attached hydrogens (tertiary/aromatic N) is 1. The van der Waals surface area contributed by atoms with Crippen molar-refractivity contribution in [2.45, 2.75) is 32.7 Å². The van der Waals surface area contributed by atoms with Crippen molar-refractivity contribution in [3.63, 3.8) is 0 Å². The summed E-state index contributed by atoms with van der Waals surface area (Å²) in [6, 6.07) is 0.0388. The number of rotatable bonds is 0. The maximum atomic E-state index is 11.6. The molecule has 0 saturated carbocycles. The average molecular weight is 182 g/mol. The van der Waals surface area contributed by atoms with E-state index < -0.39 is 0 Å². The van der Waals surface area contributed by atoms with Crippen molar-refractivity contribution in [3.05, 3.63) is 12.2 Å². The molecule has 0 aromatic rings. The summed E-state index contributed by atoms with van der Waals surface area (Å²) in [5.41, 5.74) is -0.141. The Morgan fingerprint density at radius 1 is 1.38 bits per heavy atom. The van der Waals surface area contributed by atoms with Crippen LogP contribution in [0, 0.1) is 0 Å². The second-order valence-corrected chi connectivity index (χ2v) is 4.39. The van der Waals surface area contributed by atoms with Crippen molar-refractivity contribution < 1.29 is 4.79 Å². The maximum Gasteiger partial charge on any atom is 0.318 e. The van der Waals surface area contributed by atoms with Crippen LogP contribution in [0.5, 0.6) is 0 Å². The van der Waals surface area contributed by atoms with Gasteiger partial charge in [-0.15, -0.1) is 0 Å². The molecule has 74 valence electrons. The fraction of sp³-hybridized carbons (Fsp3) is 0.700. The van der Waals surface area contributed by atoms with Crippen molar-refractivity contribution in [3.8, 4) is 0 Å². The molecule has 0 saturated heterocycles. The summed E-state index contributed by atoms with van der Waals surface area (Å²) in [6.45, 7) is 7.54. The van der Waals surface area contributed by atoms with Gasteiger partial charge in [0, 0.05) is 18.6 Å². The Bertz CT molecular complexity index is 215.